The zero-order valence-electron chi connectivity index (χ0n) is 13.3. The second kappa shape index (κ2) is 5.09. The highest BCUT2D eigenvalue weighted by Gasteiger charge is 2.61. The average molecular weight is 318 g/mol. The summed E-state index contributed by atoms with van der Waals surface area (Å²) < 4.78 is 5.11. The molecule has 0 aromatic rings. The van der Waals surface area contributed by atoms with Crippen molar-refractivity contribution in [1.29, 1.82) is 0 Å². The van der Waals surface area contributed by atoms with Crippen molar-refractivity contribution in [3.05, 3.63) is 23.8 Å². The standard InChI is InChI=1S/C17H22N2O4/c1-11(21)18-7-13-6-17(13,10-18)12-2-4-14(5-3-12)19-8-15(9-20)23-16(19)22/h2-4,13-15,20H,5-10H2,1H3/t13?,14?,15-,17?/m1/s1. The summed E-state index contributed by atoms with van der Waals surface area (Å²) in [5, 5.41) is 9.13. The van der Waals surface area contributed by atoms with Crippen LogP contribution in [0.3, 0.4) is 0 Å². The molecule has 3 fully saturated rings. The molecule has 3 unspecified atom stereocenters. The topological polar surface area (TPSA) is 70.1 Å². The number of cyclic esters (lactones) is 1. The van der Waals surface area contributed by atoms with Gasteiger partial charge < -0.3 is 14.7 Å². The van der Waals surface area contributed by atoms with Gasteiger partial charge in [-0.2, -0.15) is 0 Å². The summed E-state index contributed by atoms with van der Waals surface area (Å²) in [5.74, 6) is 0.749. The highest BCUT2D eigenvalue weighted by Crippen LogP contribution is 2.63. The number of hydrogen-bond acceptors (Lipinski definition) is 4. The summed E-state index contributed by atoms with van der Waals surface area (Å²) in [6.45, 7) is 3.65. The molecule has 2 amide bonds. The van der Waals surface area contributed by atoms with Crippen molar-refractivity contribution >= 4 is 12.0 Å². The molecule has 0 aromatic carbocycles. The van der Waals surface area contributed by atoms with Gasteiger partial charge in [-0.05, 0) is 24.3 Å². The second-order valence-corrected chi connectivity index (χ2v) is 7.12. The molecule has 4 aliphatic rings. The van der Waals surface area contributed by atoms with Crippen LogP contribution in [-0.2, 0) is 9.53 Å². The largest absolute Gasteiger partial charge is 0.442 e. The molecule has 1 N–H and O–H groups in total. The summed E-state index contributed by atoms with van der Waals surface area (Å²) in [7, 11) is 0. The molecule has 1 saturated carbocycles. The van der Waals surface area contributed by atoms with E-state index in [1.165, 1.54) is 5.57 Å². The first-order chi connectivity index (χ1) is 11.0. The Hall–Kier alpha value is -1.82. The molecule has 4 atom stereocenters. The van der Waals surface area contributed by atoms with Crippen molar-refractivity contribution in [2.24, 2.45) is 11.3 Å². The average Bonchev–Trinajstić information content (AvgIpc) is 2.92. The number of amides is 2. The highest BCUT2D eigenvalue weighted by molar-refractivity contribution is 5.74. The van der Waals surface area contributed by atoms with Gasteiger partial charge in [-0.15, -0.1) is 0 Å². The van der Waals surface area contributed by atoms with E-state index in [0.717, 1.165) is 25.9 Å². The van der Waals surface area contributed by atoms with Crippen LogP contribution in [0.5, 0.6) is 0 Å². The summed E-state index contributed by atoms with van der Waals surface area (Å²) in [6.07, 6.45) is 7.58. The summed E-state index contributed by atoms with van der Waals surface area (Å²) in [6, 6.07) is 0.00159. The first-order valence-electron chi connectivity index (χ1n) is 8.26. The van der Waals surface area contributed by atoms with Gasteiger partial charge in [0.15, 0.2) is 0 Å². The minimum atomic E-state index is -0.411. The van der Waals surface area contributed by atoms with Gasteiger partial charge in [0.1, 0.15) is 6.10 Å². The molecule has 2 aliphatic heterocycles. The lowest BCUT2D eigenvalue weighted by Crippen LogP contribution is -2.36. The lowest BCUT2D eigenvalue weighted by Gasteiger charge is -2.27. The Morgan fingerprint density at radius 2 is 2.30 bits per heavy atom. The monoisotopic (exact) mass is 318 g/mol. The number of nitrogens with zero attached hydrogens (tertiary/aromatic N) is 2. The molecule has 2 aliphatic carbocycles. The molecule has 0 spiro atoms. The lowest BCUT2D eigenvalue weighted by molar-refractivity contribution is -0.128. The third-order valence-corrected chi connectivity index (χ3v) is 5.75. The van der Waals surface area contributed by atoms with Gasteiger partial charge in [0.25, 0.3) is 0 Å². The van der Waals surface area contributed by atoms with E-state index in [0.29, 0.717) is 12.5 Å². The summed E-state index contributed by atoms with van der Waals surface area (Å²) in [4.78, 5) is 27.1. The van der Waals surface area contributed by atoms with E-state index in [1.807, 2.05) is 4.90 Å². The number of aliphatic hydroxyl groups excluding tert-OH is 1. The molecule has 23 heavy (non-hydrogen) atoms. The van der Waals surface area contributed by atoms with Crippen molar-refractivity contribution in [2.75, 3.05) is 26.2 Å². The Balaban J connectivity index is 1.42. The molecule has 6 heteroatoms. The Bertz CT molecular complexity index is 614. The molecule has 0 radical (unpaired) electrons. The molecule has 2 saturated heterocycles. The molecular formula is C17H22N2O4. The Morgan fingerprint density at radius 3 is 2.87 bits per heavy atom. The molecule has 2 heterocycles. The Morgan fingerprint density at radius 1 is 1.48 bits per heavy atom. The predicted octanol–water partition coefficient (Wildman–Crippen LogP) is 0.923. The minimum absolute atomic E-state index is 0.00159. The van der Waals surface area contributed by atoms with Gasteiger partial charge >= 0.3 is 6.09 Å². The summed E-state index contributed by atoms with van der Waals surface area (Å²) in [5.41, 5.74) is 1.47. The number of carbonyl (C=O) groups excluding carboxylic acids is 2. The van der Waals surface area contributed by atoms with Crippen molar-refractivity contribution in [1.82, 2.24) is 9.80 Å². The zero-order valence-corrected chi connectivity index (χ0v) is 13.3. The van der Waals surface area contributed by atoms with Gasteiger partial charge in [0, 0.05) is 25.4 Å². The number of aliphatic hydroxyl groups is 1. The first kappa shape index (κ1) is 14.8. The van der Waals surface area contributed by atoms with Crippen molar-refractivity contribution in [3.8, 4) is 0 Å². The summed E-state index contributed by atoms with van der Waals surface area (Å²) >= 11 is 0. The zero-order chi connectivity index (χ0) is 16.2. The van der Waals surface area contributed by atoms with Crippen LogP contribution in [0.25, 0.3) is 0 Å². The van der Waals surface area contributed by atoms with E-state index in [2.05, 4.69) is 18.2 Å². The number of hydrogen-bond donors (Lipinski definition) is 1. The van der Waals surface area contributed by atoms with Crippen LogP contribution >= 0.6 is 0 Å². The maximum Gasteiger partial charge on any atom is 0.410 e. The number of fused-ring (bicyclic) bond motifs is 1. The van der Waals surface area contributed by atoms with E-state index in [-0.39, 0.29) is 30.1 Å². The minimum Gasteiger partial charge on any atom is -0.442 e. The number of ether oxygens (including phenoxy) is 1. The normalized spacial score (nSPS) is 38.4. The Kier molecular flexibility index (Phi) is 3.27. The number of rotatable bonds is 3. The third-order valence-electron chi connectivity index (χ3n) is 5.75. The fraction of sp³-hybridized carbons (Fsp3) is 0.647. The van der Waals surface area contributed by atoms with Crippen LogP contribution in [0.2, 0.25) is 0 Å². The van der Waals surface area contributed by atoms with E-state index in [9.17, 15) is 9.59 Å². The van der Waals surface area contributed by atoms with E-state index >= 15 is 0 Å². The molecular weight excluding hydrogens is 296 g/mol. The number of likely N-dealkylation sites (tertiary alicyclic amines) is 1. The second-order valence-electron chi connectivity index (χ2n) is 7.12. The van der Waals surface area contributed by atoms with E-state index < -0.39 is 6.10 Å². The molecule has 4 rings (SSSR count). The van der Waals surface area contributed by atoms with Crippen molar-refractivity contribution < 1.29 is 19.4 Å². The van der Waals surface area contributed by atoms with Crippen molar-refractivity contribution in [3.63, 3.8) is 0 Å². The first-order valence-corrected chi connectivity index (χ1v) is 8.26. The van der Waals surface area contributed by atoms with Crippen LogP contribution in [-0.4, -0.2) is 65.3 Å². The third kappa shape index (κ3) is 2.27. The maximum absolute atomic E-state index is 11.9. The SMILES string of the molecule is CC(=O)N1CC2CC2(C2=CCC(N3C[C@H](CO)OC3=O)C=C2)C1. The molecule has 0 bridgehead atoms. The number of allylic oxidation sites excluding steroid dienone is 1. The van der Waals surface area contributed by atoms with Gasteiger partial charge in [-0.25, -0.2) is 4.79 Å². The fourth-order valence-electron chi connectivity index (χ4n) is 4.29. The highest BCUT2D eigenvalue weighted by atomic mass is 16.6. The van der Waals surface area contributed by atoms with Gasteiger partial charge in [0.05, 0.1) is 19.2 Å². The Labute approximate surface area is 135 Å². The van der Waals surface area contributed by atoms with Crippen LogP contribution in [0, 0.1) is 11.3 Å². The van der Waals surface area contributed by atoms with Gasteiger partial charge in [0.2, 0.25) is 5.91 Å². The van der Waals surface area contributed by atoms with E-state index in [1.54, 1.807) is 11.8 Å². The molecule has 0 aromatic heterocycles. The van der Waals surface area contributed by atoms with Gasteiger partial charge in [-0.1, -0.05) is 18.2 Å². The van der Waals surface area contributed by atoms with Crippen molar-refractivity contribution in [2.45, 2.75) is 31.9 Å². The molecule has 124 valence electrons. The van der Waals surface area contributed by atoms with E-state index in [4.69, 9.17) is 9.84 Å². The fourth-order valence-corrected chi connectivity index (χ4v) is 4.29. The van der Waals surface area contributed by atoms with Crippen LogP contribution in [0.15, 0.2) is 23.8 Å². The number of carbonyl (C=O) groups is 2. The molecule has 6 nitrogen and oxygen atoms in total. The maximum atomic E-state index is 11.9. The predicted molar refractivity (Wildman–Crippen MR) is 82.5 cm³/mol. The van der Waals surface area contributed by atoms with Crippen LogP contribution < -0.4 is 0 Å². The quantitative estimate of drug-likeness (QED) is 0.840. The van der Waals surface area contributed by atoms with Crippen LogP contribution in [0.4, 0.5) is 4.79 Å². The van der Waals surface area contributed by atoms with Gasteiger partial charge in [-0.3, -0.25) is 9.69 Å². The van der Waals surface area contributed by atoms with Crippen LogP contribution in [0.1, 0.15) is 19.8 Å². The smallest absolute Gasteiger partial charge is 0.410 e. The lowest BCUT2D eigenvalue weighted by atomic mass is 9.88. The number of piperidine rings is 1.